The summed E-state index contributed by atoms with van der Waals surface area (Å²) in [7, 11) is -3.58. The predicted octanol–water partition coefficient (Wildman–Crippen LogP) is 3.39. The average Bonchev–Trinajstić information content (AvgIpc) is 3.19. The molecule has 0 amide bonds. The topological polar surface area (TPSA) is 58.5 Å². The van der Waals surface area contributed by atoms with Gasteiger partial charge in [0.1, 0.15) is 0 Å². The van der Waals surface area contributed by atoms with Gasteiger partial charge in [0.05, 0.1) is 4.90 Å². The summed E-state index contributed by atoms with van der Waals surface area (Å²) in [5.41, 5.74) is 2.79. The molecule has 0 saturated heterocycles. The van der Waals surface area contributed by atoms with Gasteiger partial charge in [0.25, 0.3) is 10.0 Å². The molecule has 3 aliphatic rings. The van der Waals surface area contributed by atoms with E-state index in [0.29, 0.717) is 10.8 Å². The Labute approximate surface area is 138 Å². The maximum absolute atomic E-state index is 12.6. The normalized spacial score (nSPS) is 34.1. The Morgan fingerprint density at radius 2 is 1.96 bits per heavy atom. The highest BCUT2D eigenvalue weighted by molar-refractivity contribution is 7.89. The van der Waals surface area contributed by atoms with Crippen LogP contribution in [-0.2, 0) is 10.0 Å². The third-order valence-corrected chi connectivity index (χ3v) is 7.50. The van der Waals surface area contributed by atoms with Crippen molar-refractivity contribution in [2.45, 2.75) is 50.8 Å². The fraction of sp³-hybridized carbons (Fsp3) is 0.611. The van der Waals surface area contributed by atoms with Crippen molar-refractivity contribution in [1.82, 2.24) is 4.83 Å². The summed E-state index contributed by atoms with van der Waals surface area (Å²) >= 11 is 0. The molecule has 4 rings (SSSR count). The van der Waals surface area contributed by atoms with Gasteiger partial charge in [-0.25, -0.2) is 4.83 Å². The maximum Gasteiger partial charge on any atom is 0.276 e. The van der Waals surface area contributed by atoms with Gasteiger partial charge < -0.3 is 0 Å². The van der Waals surface area contributed by atoms with E-state index in [1.165, 1.54) is 25.7 Å². The van der Waals surface area contributed by atoms with Crippen molar-refractivity contribution in [3.63, 3.8) is 0 Å². The van der Waals surface area contributed by atoms with Crippen LogP contribution < -0.4 is 4.83 Å². The van der Waals surface area contributed by atoms with Crippen molar-refractivity contribution in [3.05, 3.63) is 29.3 Å². The van der Waals surface area contributed by atoms with E-state index in [4.69, 9.17) is 0 Å². The zero-order valence-electron chi connectivity index (χ0n) is 13.7. The van der Waals surface area contributed by atoms with E-state index in [2.05, 4.69) is 9.93 Å². The largest absolute Gasteiger partial charge is 0.276 e. The molecular formula is C18H24N2O2S. The van der Waals surface area contributed by atoms with E-state index >= 15 is 0 Å². The highest BCUT2D eigenvalue weighted by atomic mass is 32.2. The van der Waals surface area contributed by atoms with E-state index in [1.54, 1.807) is 6.07 Å². The predicted molar refractivity (Wildman–Crippen MR) is 90.7 cm³/mol. The third kappa shape index (κ3) is 2.49. The van der Waals surface area contributed by atoms with E-state index in [9.17, 15) is 8.42 Å². The van der Waals surface area contributed by atoms with Gasteiger partial charge in [0.2, 0.25) is 0 Å². The van der Waals surface area contributed by atoms with Crippen LogP contribution in [0.15, 0.2) is 28.2 Å². The minimum absolute atomic E-state index is 0.337. The molecule has 1 aromatic carbocycles. The number of nitrogens with zero attached hydrogens (tertiary/aromatic N) is 1. The van der Waals surface area contributed by atoms with Gasteiger partial charge in [0, 0.05) is 11.6 Å². The maximum atomic E-state index is 12.6. The number of hydrogen-bond acceptors (Lipinski definition) is 3. The summed E-state index contributed by atoms with van der Waals surface area (Å²) < 4.78 is 25.2. The number of rotatable bonds is 3. The molecule has 3 fully saturated rings. The Balaban J connectivity index is 1.56. The first-order valence-electron chi connectivity index (χ1n) is 8.61. The number of hydrazone groups is 1. The van der Waals surface area contributed by atoms with Crippen LogP contribution in [-0.4, -0.2) is 14.1 Å². The number of aryl methyl sites for hydroxylation is 2. The zero-order chi connectivity index (χ0) is 16.2. The van der Waals surface area contributed by atoms with Crippen LogP contribution in [0.25, 0.3) is 0 Å². The second-order valence-corrected chi connectivity index (χ2v) is 9.16. The molecule has 1 aromatic rings. The summed E-state index contributed by atoms with van der Waals surface area (Å²) in [5.74, 6) is 2.91. The average molecular weight is 332 g/mol. The Hall–Kier alpha value is -1.36. The number of fused-ring (bicyclic) bond motifs is 5. The SMILES string of the molecule is Cc1ccc(C)c(S(=O)(=O)N/N=C2\CC3CC2C2CCCC32)c1. The lowest BCUT2D eigenvalue weighted by atomic mass is 9.81. The Kier molecular flexibility index (Phi) is 3.52. The minimum atomic E-state index is -3.58. The van der Waals surface area contributed by atoms with Crippen LogP contribution in [0.2, 0.25) is 0 Å². The van der Waals surface area contributed by atoms with E-state index in [1.807, 2.05) is 26.0 Å². The quantitative estimate of drug-likeness (QED) is 0.863. The summed E-state index contributed by atoms with van der Waals surface area (Å²) in [6, 6.07) is 5.49. The molecule has 0 heterocycles. The van der Waals surface area contributed by atoms with Crippen molar-refractivity contribution in [2.75, 3.05) is 0 Å². The highest BCUT2D eigenvalue weighted by Crippen LogP contribution is 2.57. The summed E-state index contributed by atoms with van der Waals surface area (Å²) in [4.78, 5) is 2.85. The van der Waals surface area contributed by atoms with E-state index < -0.39 is 10.0 Å². The van der Waals surface area contributed by atoms with Crippen LogP contribution in [0.5, 0.6) is 0 Å². The molecule has 2 bridgehead atoms. The number of sulfonamides is 1. The molecule has 5 heteroatoms. The van der Waals surface area contributed by atoms with Crippen molar-refractivity contribution < 1.29 is 8.42 Å². The fourth-order valence-corrected chi connectivity index (χ4v) is 6.28. The number of benzene rings is 1. The van der Waals surface area contributed by atoms with Gasteiger partial charge in [-0.1, -0.05) is 18.6 Å². The fourth-order valence-electron chi connectivity index (χ4n) is 5.11. The van der Waals surface area contributed by atoms with Gasteiger partial charge >= 0.3 is 0 Å². The van der Waals surface area contributed by atoms with Crippen molar-refractivity contribution in [2.24, 2.45) is 28.8 Å². The lowest BCUT2D eigenvalue weighted by Gasteiger charge is -2.25. The first-order chi connectivity index (χ1) is 11.0. The van der Waals surface area contributed by atoms with Gasteiger partial charge in [-0.2, -0.15) is 13.5 Å². The molecule has 4 atom stereocenters. The zero-order valence-corrected chi connectivity index (χ0v) is 14.6. The van der Waals surface area contributed by atoms with E-state index in [0.717, 1.165) is 41.0 Å². The molecule has 0 aliphatic heterocycles. The highest BCUT2D eigenvalue weighted by Gasteiger charge is 2.52. The molecule has 3 aliphatic carbocycles. The first kappa shape index (κ1) is 15.2. The van der Waals surface area contributed by atoms with Gasteiger partial charge in [-0.05, 0) is 74.5 Å². The monoisotopic (exact) mass is 332 g/mol. The summed E-state index contributed by atoms with van der Waals surface area (Å²) in [5, 5.41) is 4.36. The molecular weight excluding hydrogens is 308 g/mol. The van der Waals surface area contributed by atoms with Crippen molar-refractivity contribution in [1.29, 1.82) is 0 Å². The molecule has 0 spiro atoms. The molecule has 23 heavy (non-hydrogen) atoms. The van der Waals surface area contributed by atoms with Crippen molar-refractivity contribution in [3.8, 4) is 0 Å². The van der Waals surface area contributed by atoms with Crippen LogP contribution in [0.3, 0.4) is 0 Å². The Morgan fingerprint density at radius 3 is 2.78 bits per heavy atom. The van der Waals surface area contributed by atoms with Crippen LogP contribution in [0.1, 0.15) is 43.2 Å². The molecule has 4 nitrogen and oxygen atoms in total. The molecule has 0 radical (unpaired) electrons. The first-order valence-corrected chi connectivity index (χ1v) is 10.1. The van der Waals surface area contributed by atoms with Gasteiger partial charge in [-0.3, -0.25) is 0 Å². The lowest BCUT2D eigenvalue weighted by Crippen LogP contribution is -2.28. The summed E-state index contributed by atoms with van der Waals surface area (Å²) in [6.45, 7) is 3.72. The van der Waals surface area contributed by atoms with Crippen LogP contribution >= 0.6 is 0 Å². The smallest absolute Gasteiger partial charge is 0.200 e. The molecule has 0 aromatic heterocycles. The number of hydrogen-bond donors (Lipinski definition) is 1. The molecule has 4 unspecified atom stereocenters. The number of nitrogens with one attached hydrogen (secondary N) is 1. The molecule has 124 valence electrons. The van der Waals surface area contributed by atoms with E-state index in [-0.39, 0.29) is 0 Å². The standard InChI is InChI=1S/C18H24N2O2S/c1-11-6-7-12(2)18(8-11)23(21,22)20-19-17-10-13-9-16(17)15-5-3-4-14(13)15/h6-8,13-16,20H,3-5,9-10H2,1-2H3/b19-17+. The lowest BCUT2D eigenvalue weighted by molar-refractivity contribution is 0.333. The Bertz CT molecular complexity index is 769. The second-order valence-electron chi connectivity index (χ2n) is 7.53. The second kappa shape index (κ2) is 5.33. The summed E-state index contributed by atoms with van der Waals surface area (Å²) in [6.07, 6.45) is 6.21. The molecule has 3 saturated carbocycles. The molecule has 1 N–H and O–H groups in total. The van der Waals surface area contributed by atoms with Gasteiger partial charge in [0.15, 0.2) is 0 Å². The van der Waals surface area contributed by atoms with Crippen LogP contribution in [0, 0.1) is 37.5 Å². The third-order valence-electron chi connectivity index (χ3n) is 6.15. The van der Waals surface area contributed by atoms with Gasteiger partial charge in [-0.15, -0.1) is 0 Å². The minimum Gasteiger partial charge on any atom is -0.200 e. The Morgan fingerprint density at radius 1 is 1.17 bits per heavy atom. The van der Waals surface area contributed by atoms with Crippen LogP contribution in [0.4, 0.5) is 0 Å². The van der Waals surface area contributed by atoms with Crippen molar-refractivity contribution >= 4 is 15.7 Å².